The minimum absolute atomic E-state index is 0. The molecule has 3 unspecified atom stereocenters. The molecule has 0 aliphatic heterocycles. The average molecular weight is 331 g/mol. The summed E-state index contributed by atoms with van der Waals surface area (Å²) in [6.45, 7) is 1.97. The fourth-order valence-electron chi connectivity index (χ4n) is 2.94. The van der Waals surface area contributed by atoms with Crippen molar-refractivity contribution in [2.24, 2.45) is 11.7 Å². The summed E-state index contributed by atoms with van der Waals surface area (Å²) in [5.41, 5.74) is 6.15. The molecule has 22 heavy (non-hydrogen) atoms. The molecule has 1 fully saturated rings. The Balaban J connectivity index is 0.00000242. The molecule has 1 aliphatic rings. The molecule has 0 bridgehead atoms. The minimum Gasteiger partial charge on any atom is -0.387 e. The normalized spacial score (nSPS) is 25.9. The van der Waals surface area contributed by atoms with Crippen LogP contribution in [0.2, 0.25) is 0 Å². The van der Waals surface area contributed by atoms with Crippen LogP contribution in [-0.2, 0) is 4.79 Å². The SMILES string of the molecule is CC1(N)CCCCC1C(=O)NCC(O)c1cccc(F)c1.Cl. The summed E-state index contributed by atoms with van der Waals surface area (Å²) in [4.78, 5) is 12.2. The summed E-state index contributed by atoms with van der Waals surface area (Å²) in [7, 11) is 0. The summed E-state index contributed by atoms with van der Waals surface area (Å²) >= 11 is 0. The highest BCUT2D eigenvalue weighted by Gasteiger charge is 2.37. The van der Waals surface area contributed by atoms with Gasteiger partial charge in [0.25, 0.3) is 0 Å². The van der Waals surface area contributed by atoms with Crippen molar-refractivity contribution < 1.29 is 14.3 Å². The number of nitrogens with one attached hydrogen (secondary N) is 1. The molecule has 1 amide bonds. The number of hydrogen-bond acceptors (Lipinski definition) is 3. The van der Waals surface area contributed by atoms with Gasteiger partial charge in [0, 0.05) is 12.1 Å². The van der Waals surface area contributed by atoms with Gasteiger partial charge < -0.3 is 16.2 Å². The lowest BCUT2D eigenvalue weighted by molar-refractivity contribution is -0.128. The largest absolute Gasteiger partial charge is 0.387 e. The topological polar surface area (TPSA) is 75.4 Å². The summed E-state index contributed by atoms with van der Waals surface area (Å²) < 4.78 is 13.1. The van der Waals surface area contributed by atoms with Gasteiger partial charge in [0.2, 0.25) is 5.91 Å². The van der Waals surface area contributed by atoms with Crippen molar-refractivity contribution in [1.29, 1.82) is 0 Å². The van der Waals surface area contributed by atoms with Crippen LogP contribution < -0.4 is 11.1 Å². The second-order valence-corrected chi connectivity index (χ2v) is 6.12. The van der Waals surface area contributed by atoms with Gasteiger partial charge in [-0.3, -0.25) is 4.79 Å². The molecule has 0 heterocycles. The van der Waals surface area contributed by atoms with Gasteiger partial charge in [0.1, 0.15) is 5.82 Å². The summed E-state index contributed by atoms with van der Waals surface area (Å²) in [5.74, 6) is -0.763. The molecule has 6 heteroatoms. The maximum atomic E-state index is 13.1. The number of hydrogen-bond donors (Lipinski definition) is 3. The zero-order valence-corrected chi connectivity index (χ0v) is 13.5. The average Bonchev–Trinajstić information content (AvgIpc) is 2.44. The molecule has 0 radical (unpaired) electrons. The number of carbonyl (C=O) groups excluding carboxylic acids is 1. The third kappa shape index (κ3) is 4.66. The van der Waals surface area contributed by atoms with E-state index in [4.69, 9.17) is 5.73 Å². The second-order valence-electron chi connectivity index (χ2n) is 6.12. The molecular weight excluding hydrogens is 307 g/mol. The van der Waals surface area contributed by atoms with E-state index in [1.165, 1.54) is 18.2 Å². The van der Waals surface area contributed by atoms with Crippen LogP contribution in [-0.4, -0.2) is 23.1 Å². The van der Waals surface area contributed by atoms with Gasteiger partial charge in [-0.2, -0.15) is 0 Å². The molecule has 0 spiro atoms. The lowest BCUT2D eigenvalue weighted by atomic mass is 9.74. The Bertz CT molecular complexity index is 511. The molecule has 4 nitrogen and oxygen atoms in total. The van der Waals surface area contributed by atoms with Crippen LogP contribution in [0.25, 0.3) is 0 Å². The highest BCUT2D eigenvalue weighted by atomic mass is 35.5. The monoisotopic (exact) mass is 330 g/mol. The Kier molecular flexibility index (Phi) is 6.78. The van der Waals surface area contributed by atoms with Gasteiger partial charge in [-0.15, -0.1) is 12.4 Å². The van der Waals surface area contributed by atoms with Crippen molar-refractivity contribution in [2.75, 3.05) is 6.54 Å². The van der Waals surface area contributed by atoms with Gasteiger partial charge in [-0.1, -0.05) is 25.0 Å². The van der Waals surface area contributed by atoms with E-state index in [9.17, 15) is 14.3 Å². The number of amides is 1. The van der Waals surface area contributed by atoms with E-state index in [0.29, 0.717) is 5.56 Å². The fraction of sp³-hybridized carbons (Fsp3) is 0.562. The third-order valence-corrected chi connectivity index (χ3v) is 4.27. The van der Waals surface area contributed by atoms with Crippen molar-refractivity contribution in [2.45, 2.75) is 44.2 Å². The van der Waals surface area contributed by atoms with Crippen LogP contribution in [0.4, 0.5) is 4.39 Å². The minimum atomic E-state index is -0.919. The number of benzene rings is 1. The third-order valence-electron chi connectivity index (χ3n) is 4.27. The fourth-order valence-corrected chi connectivity index (χ4v) is 2.94. The molecule has 1 saturated carbocycles. The number of halogens is 2. The van der Waals surface area contributed by atoms with Gasteiger partial charge in [-0.25, -0.2) is 4.39 Å². The van der Waals surface area contributed by atoms with Crippen LogP contribution in [0.3, 0.4) is 0 Å². The molecule has 1 aromatic carbocycles. The van der Waals surface area contributed by atoms with Crippen LogP contribution in [0.5, 0.6) is 0 Å². The molecule has 124 valence electrons. The maximum Gasteiger partial charge on any atom is 0.225 e. The van der Waals surface area contributed by atoms with E-state index in [1.807, 2.05) is 6.92 Å². The number of aliphatic hydroxyl groups excluding tert-OH is 1. The lowest BCUT2D eigenvalue weighted by Crippen LogP contribution is -2.53. The summed E-state index contributed by atoms with van der Waals surface area (Å²) in [6.07, 6.45) is 2.73. The quantitative estimate of drug-likeness (QED) is 0.793. The molecule has 4 N–H and O–H groups in total. The predicted octanol–water partition coefficient (Wildman–Crippen LogP) is 2.30. The first-order valence-corrected chi connectivity index (χ1v) is 7.40. The zero-order valence-electron chi connectivity index (χ0n) is 12.7. The van der Waals surface area contributed by atoms with Gasteiger partial charge in [0.15, 0.2) is 0 Å². The smallest absolute Gasteiger partial charge is 0.225 e. The molecule has 1 aliphatic carbocycles. The van der Waals surface area contributed by atoms with E-state index in [2.05, 4.69) is 5.32 Å². The highest BCUT2D eigenvalue weighted by Crippen LogP contribution is 2.31. The van der Waals surface area contributed by atoms with Crippen LogP contribution in [0.1, 0.15) is 44.3 Å². The summed E-state index contributed by atoms with van der Waals surface area (Å²) in [5, 5.41) is 12.7. The number of nitrogens with two attached hydrogens (primary N) is 1. The van der Waals surface area contributed by atoms with Gasteiger partial charge in [-0.05, 0) is 37.5 Å². The number of carbonyl (C=O) groups is 1. The molecule has 1 aromatic rings. The maximum absolute atomic E-state index is 13.1. The van der Waals surface area contributed by atoms with E-state index >= 15 is 0 Å². The van der Waals surface area contributed by atoms with Crippen LogP contribution in [0.15, 0.2) is 24.3 Å². The lowest BCUT2D eigenvalue weighted by Gasteiger charge is -2.37. The number of aliphatic hydroxyl groups is 1. The van der Waals surface area contributed by atoms with Crippen molar-refractivity contribution in [1.82, 2.24) is 5.32 Å². The van der Waals surface area contributed by atoms with Crippen molar-refractivity contribution in [3.8, 4) is 0 Å². The Hall–Kier alpha value is -1.17. The Morgan fingerprint density at radius 3 is 2.91 bits per heavy atom. The first-order chi connectivity index (χ1) is 9.90. The first kappa shape index (κ1) is 18.9. The van der Waals surface area contributed by atoms with Gasteiger partial charge >= 0.3 is 0 Å². The van der Waals surface area contributed by atoms with Crippen LogP contribution in [0, 0.1) is 11.7 Å². The molecular formula is C16H24ClFN2O2. The molecule has 2 rings (SSSR count). The van der Waals surface area contributed by atoms with E-state index < -0.39 is 17.5 Å². The Labute approximate surface area is 136 Å². The Morgan fingerprint density at radius 1 is 1.55 bits per heavy atom. The van der Waals surface area contributed by atoms with Crippen LogP contribution >= 0.6 is 12.4 Å². The molecule has 0 aromatic heterocycles. The van der Waals surface area contributed by atoms with Crippen molar-refractivity contribution in [3.63, 3.8) is 0 Å². The van der Waals surface area contributed by atoms with Crippen molar-refractivity contribution in [3.05, 3.63) is 35.6 Å². The molecule has 0 saturated heterocycles. The number of rotatable bonds is 4. The van der Waals surface area contributed by atoms with E-state index in [-0.39, 0.29) is 30.8 Å². The molecule has 3 atom stereocenters. The predicted molar refractivity (Wildman–Crippen MR) is 86.2 cm³/mol. The summed E-state index contributed by atoms with van der Waals surface area (Å²) in [6, 6.07) is 5.75. The Morgan fingerprint density at radius 2 is 2.27 bits per heavy atom. The second kappa shape index (κ2) is 7.90. The van der Waals surface area contributed by atoms with Gasteiger partial charge in [0.05, 0.1) is 12.0 Å². The zero-order chi connectivity index (χ0) is 15.5. The first-order valence-electron chi connectivity index (χ1n) is 7.40. The van der Waals surface area contributed by atoms with E-state index in [1.54, 1.807) is 6.07 Å². The highest BCUT2D eigenvalue weighted by molar-refractivity contribution is 5.85. The van der Waals surface area contributed by atoms with Crippen molar-refractivity contribution >= 4 is 18.3 Å². The van der Waals surface area contributed by atoms with E-state index in [0.717, 1.165) is 25.7 Å². The standard InChI is InChI=1S/C16H23FN2O2.ClH/c1-16(18)8-3-2-7-13(16)15(21)19-10-14(20)11-5-4-6-12(17)9-11;/h4-6,9,13-14,20H,2-3,7-8,10,18H2,1H3,(H,19,21);1H.